The second kappa shape index (κ2) is 3.57. The minimum Gasteiger partial charge on any atom is -0.300 e. The van der Waals surface area contributed by atoms with Crippen LogP contribution in [-0.4, -0.2) is 11.2 Å². The first-order chi connectivity index (χ1) is 5.11. The van der Waals surface area contributed by atoms with Crippen molar-refractivity contribution in [2.75, 3.05) is 0 Å². The van der Waals surface area contributed by atoms with Crippen LogP contribution in [0.15, 0.2) is 0 Å². The molecule has 1 rings (SSSR count). The fraction of sp³-hybridized carbons (Fsp3) is 0.889. The molecule has 0 aromatic rings. The van der Waals surface area contributed by atoms with Crippen LogP contribution in [0.25, 0.3) is 0 Å². The number of carbonyl (C=O) groups is 1. The van der Waals surface area contributed by atoms with Gasteiger partial charge < -0.3 is 0 Å². The predicted molar refractivity (Wildman–Crippen MR) is 46.8 cm³/mol. The highest BCUT2D eigenvalue weighted by Gasteiger charge is 2.28. The van der Waals surface area contributed by atoms with E-state index in [4.69, 9.17) is 11.6 Å². The number of alkyl halides is 1. The van der Waals surface area contributed by atoms with Crippen LogP contribution in [0.1, 0.15) is 33.1 Å². The maximum absolute atomic E-state index is 11.1. The number of carbonyl (C=O) groups excluding carboxylic acids is 1. The molecule has 1 aliphatic carbocycles. The minimum atomic E-state index is 0.282. The topological polar surface area (TPSA) is 17.1 Å². The first kappa shape index (κ1) is 9.05. The summed E-state index contributed by atoms with van der Waals surface area (Å²) in [6.45, 7) is 3.82. The van der Waals surface area contributed by atoms with Crippen molar-refractivity contribution in [1.82, 2.24) is 0 Å². The van der Waals surface area contributed by atoms with Crippen LogP contribution in [0, 0.1) is 11.8 Å². The molecule has 0 aromatic heterocycles. The lowest BCUT2D eigenvalue weighted by Gasteiger charge is -2.29. The molecule has 11 heavy (non-hydrogen) atoms. The highest BCUT2D eigenvalue weighted by Crippen LogP contribution is 2.32. The Labute approximate surface area is 73.1 Å². The number of halogens is 1. The van der Waals surface area contributed by atoms with Crippen LogP contribution in [0.5, 0.6) is 0 Å². The van der Waals surface area contributed by atoms with Crippen LogP contribution in [-0.2, 0) is 4.79 Å². The van der Waals surface area contributed by atoms with Gasteiger partial charge in [-0.3, -0.25) is 4.79 Å². The molecule has 0 N–H and O–H groups in total. The van der Waals surface area contributed by atoms with Gasteiger partial charge in [0.1, 0.15) is 5.78 Å². The van der Waals surface area contributed by atoms with Gasteiger partial charge in [-0.25, -0.2) is 0 Å². The molecule has 1 fully saturated rings. The zero-order chi connectivity index (χ0) is 8.43. The van der Waals surface area contributed by atoms with Gasteiger partial charge in [0.05, 0.1) is 0 Å². The van der Waals surface area contributed by atoms with Crippen LogP contribution < -0.4 is 0 Å². The Morgan fingerprint density at radius 1 is 1.45 bits per heavy atom. The molecule has 0 aliphatic heterocycles. The molecule has 1 aliphatic rings. The lowest BCUT2D eigenvalue weighted by atomic mass is 9.78. The first-order valence-corrected chi connectivity index (χ1v) is 4.69. The molecule has 2 heteroatoms. The lowest BCUT2D eigenvalue weighted by molar-refractivity contribution is -0.123. The summed E-state index contributed by atoms with van der Waals surface area (Å²) in [6, 6.07) is 0. The molecule has 0 spiro atoms. The fourth-order valence-electron chi connectivity index (χ4n) is 1.93. The van der Waals surface area contributed by atoms with Crippen molar-refractivity contribution in [3.8, 4) is 0 Å². The summed E-state index contributed by atoms with van der Waals surface area (Å²) in [7, 11) is 0. The maximum Gasteiger partial charge on any atom is 0.133 e. The van der Waals surface area contributed by atoms with Gasteiger partial charge in [-0.2, -0.15) is 0 Å². The molecule has 0 saturated heterocycles. The number of rotatable bonds is 1. The summed E-state index contributed by atoms with van der Waals surface area (Å²) < 4.78 is 0. The van der Waals surface area contributed by atoms with Gasteiger partial charge in [0.2, 0.25) is 0 Å². The normalized spacial score (nSPS) is 38.6. The van der Waals surface area contributed by atoms with Crippen molar-refractivity contribution in [1.29, 1.82) is 0 Å². The van der Waals surface area contributed by atoms with Gasteiger partial charge >= 0.3 is 0 Å². The van der Waals surface area contributed by atoms with Crippen molar-refractivity contribution in [2.24, 2.45) is 11.8 Å². The third-order valence-electron chi connectivity index (χ3n) is 2.63. The second-order valence-electron chi connectivity index (χ2n) is 3.60. The minimum absolute atomic E-state index is 0.282. The van der Waals surface area contributed by atoms with Crippen molar-refractivity contribution in [3.63, 3.8) is 0 Å². The third-order valence-corrected chi connectivity index (χ3v) is 3.02. The first-order valence-electron chi connectivity index (χ1n) is 4.25. The molecular formula is C9H15ClO. The van der Waals surface area contributed by atoms with E-state index >= 15 is 0 Å². The maximum atomic E-state index is 11.1. The lowest BCUT2D eigenvalue weighted by Crippen LogP contribution is -2.27. The summed E-state index contributed by atoms with van der Waals surface area (Å²) >= 11 is 5.97. The number of ketones is 1. The van der Waals surface area contributed by atoms with E-state index in [0.29, 0.717) is 17.1 Å². The molecule has 0 bridgehead atoms. The Morgan fingerprint density at radius 2 is 2.09 bits per heavy atom. The zero-order valence-corrected chi connectivity index (χ0v) is 7.90. The summed E-state index contributed by atoms with van der Waals surface area (Å²) in [4.78, 5) is 11.1. The molecule has 1 saturated carbocycles. The van der Waals surface area contributed by atoms with Gasteiger partial charge in [-0.1, -0.05) is 6.92 Å². The molecule has 0 aromatic carbocycles. The van der Waals surface area contributed by atoms with E-state index in [2.05, 4.69) is 6.92 Å². The van der Waals surface area contributed by atoms with Crippen LogP contribution in [0.3, 0.4) is 0 Å². The summed E-state index contributed by atoms with van der Waals surface area (Å²) in [6.07, 6.45) is 3.01. The van der Waals surface area contributed by atoms with Crippen molar-refractivity contribution < 1.29 is 4.79 Å². The molecule has 3 atom stereocenters. The van der Waals surface area contributed by atoms with E-state index in [1.165, 1.54) is 0 Å². The number of hydrogen-bond acceptors (Lipinski definition) is 1. The third kappa shape index (κ3) is 2.19. The molecule has 1 nitrogen and oxygen atoms in total. The molecule has 0 radical (unpaired) electrons. The van der Waals surface area contributed by atoms with E-state index in [9.17, 15) is 4.79 Å². The average molecular weight is 175 g/mol. The number of Topliss-reactive ketones (excluding diaryl/α,β-unsaturated/α-hetero) is 1. The highest BCUT2D eigenvalue weighted by molar-refractivity contribution is 6.20. The zero-order valence-electron chi connectivity index (χ0n) is 7.14. The van der Waals surface area contributed by atoms with Crippen molar-refractivity contribution in [3.05, 3.63) is 0 Å². The molecular weight excluding hydrogens is 160 g/mol. The fourth-order valence-corrected chi connectivity index (χ4v) is 2.34. The van der Waals surface area contributed by atoms with E-state index in [1.807, 2.05) is 0 Å². The monoisotopic (exact) mass is 174 g/mol. The van der Waals surface area contributed by atoms with Crippen LogP contribution in [0.2, 0.25) is 0 Å². The van der Waals surface area contributed by atoms with Gasteiger partial charge in [-0.15, -0.1) is 11.6 Å². The Balaban J connectivity index is 2.50. The average Bonchev–Trinajstić information content (AvgIpc) is 1.85. The summed E-state index contributed by atoms with van der Waals surface area (Å²) in [5.74, 6) is 1.11. The van der Waals surface area contributed by atoms with Crippen LogP contribution >= 0.6 is 11.6 Å². The molecule has 0 amide bonds. The second-order valence-corrected chi connectivity index (χ2v) is 4.22. The largest absolute Gasteiger partial charge is 0.300 e. The van der Waals surface area contributed by atoms with Crippen LogP contribution in [0.4, 0.5) is 0 Å². The standard InChI is InChI=1S/C9H15ClO/c1-6-5-8(10)3-4-9(6)7(2)11/h6,8-9H,3-5H2,1-2H3. The van der Waals surface area contributed by atoms with Crippen molar-refractivity contribution in [2.45, 2.75) is 38.5 Å². The quantitative estimate of drug-likeness (QED) is 0.559. The van der Waals surface area contributed by atoms with Gasteiger partial charge in [-0.05, 0) is 32.1 Å². The summed E-state index contributed by atoms with van der Waals surface area (Å²) in [5.41, 5.74) is 0. The smallest absolute Gasteiger partial charge is 0.133 e. The Hall–Kier alpha value is -0.0400. The van der Waals surface area contributed by atoms with E-state index < -0.39 is 0 Å². The Bertz CT molecular complexity index is 156. The summed E-state index contributed by atoms with van der Waals surface area (Å²) in [5, 5.41) is 0.306. The van der Waals surface area contributed by atoms with Gasteiger partial charge in [0.25, 0.3) is 0 Å². The van der Waals surface area contributed by atoms with Gasteiger partial charge in [0, 0.05) is 11.3 Å². The van der Waals surface area contributed by atoms with Crippen molar-refractivity contribution >= 4 is 17.4 Å². The molecule has 0 heterocycles. The Kier molecular flexibility index (Phi) is 2.94. The SMILES string of the molecule is CC(=O)C1CCC(Cl)CC1C. The van der Waals surface area contributed by atoms with Gasteiger partial charge in [0.15, 0.2) is 0 Å². The predicted octanol–water partition coefficient (Wildman–Crippen LogP) is 2.62. The highest BCUT2D eigenvalue weighted by atomic mass is 35.5. The van der Waals surface area contributed by atoms with E-state index in [1.54, 1.807) is 6.92 Å². The molecule has 3 unspecified atom stereocenters. The van der Waals surface area contributed by atoms with E-state index in [0.717, 1.165) is 19.3 Å². The molecule has 64 valence electrons. The van der Waals surface area contributed by atoms with E-state index in [-0.39, 0.29) is 5.92 Å². The number of hydrogen-bond donors (Lipinski definition) is 0. The Morgan fingerprint density at radius 3 is 2.55 bits per heavy atom.